The maximum atomic E-state index is 10.3. The molecule has 0 aliphatic carbocycles. The van der Waals surface area contributed by atoms with Gasteiger partial charge < -0.3 is 5.11 Å². The summed E-state index contributed by atoms with van der Waals surface area (Å²) in [5.41, 5.74) is 4.74. The molecule has 1 atom stereocenters. The van der Waals surface area contributed by atoms with Gasteiger partial charge in [0.15, 0.2) is 0 Å². The first-order valence-electron chi connectivity index (χ1n) is 6.06. The zero-order valence-corrected chi connectivity index (χ0v) is 10.7. The third-order valence-electron chi connectivity index (χ3n) is 3.11. The average Bonchev–Trinajstić information content (AvgIpc) is 2.38. The Morgan fingerprint density at radius 1 is 1.11 bits per heavy atom. The van der Waals surface area contributed by atoms with Gasteiger partial charge in [0.05, 0.1) is 11.8 Å². The zero-order chi connectivity index (χ0) is 13.1. The van der Waals surface area contributed by atoms with E-state index in [2.05, 4.69) is 17.2 Å². The number of aliphatic hydroxyl groups is 1. The van der Waals surface area contributed by atoms with Crippen LogP contribution in [0.5, 0.6) is 0 Å². The van der Waals surface area contributed by atoms with Crippen LogP contribution in [0.3, 0.4) is 0 Å². The van der Waals surface area contributed by atoms with Crippen molar-refractivity contribution in [2.45, 2.75) is 20.0 Å². The number of hydrogen-bond donors (Lipinski definition) is 2. The van der Waals surface area contributed by atoms with Crippen LogP contribution in [0.1, 0.15) is 25.5 Å². The predicted octanol–water partition coefficient (Wildman–Crippen LogP) is 3.56. The van der Waals surface area contributed by atoms with E-state index in [1.807, 2.05) is 50.2 Å². The monoisotopic (exact) mass is 242 g/mol. The summed E-state index contributed by atoms with van der Waals surface area (Å²) in [7, 11) is 0. The molecule has 0 bridgehead atoms. The fourth-order valence-corrected chi connectivity index (χ4v) is 2.12. The van der Waals surface area contributed by atoms with Gasteiger partial charge in [-0.3, -0.25) is 5.43 Å². The number of fused-ring (bicyclic) bond motifs is 1. The molecule has 2 aromatic carbocycles. The quantitative estimate of drug-likeness (QED) is 0.636. The number of anilines is 1. The number of nitrogens with one attached hydrogen (secondary N) is 1. The number of aliphatic hydroxyl groups excluding tert-OH is 1. The number of rotatable bonds is 4. The van der Waals surface area contributed by atoms with E-state index in [1.165, 1.54) is 0 Å². The normalized spacial score (nSPS) is 12.7. The lowest BCUT2D eigenvalue weighted by Crippen LogP contribution is -2.06. The summed E-state index contributed by atoms with van der Waals surface area (Å²) in [4.78, 5) is 0. The second-order valence-corrected chi connectivity index (χ2v) is 4.71. The molecule has 3 nitrogen and oxygen atoms in total. The van der Waals surface area contributed by atoms with E-state index in [1.54, 1.807) is 0 Å². The molecule has 2 rings (SSSR count). The molecule has 0 heterocycles. The maximum absolute atomic E-state index is 10.3. The van der Waals surface area contributed by atoms with Crippen LogP contribution in [-0.4, -0.2) is 11.8 Å². The molecule has 3 heteroatoms. The highest BCUT2D eigenvalue weighted by Gasteiger charge is 2.15. The molecular formula is C15H18N2O. The SMILES string of the molecule is C=NNc1ccc(C(O)C(C)C)c2ccccc12. The third-order valence-corrected chi connectivity index (χ3v) is 3.11. The fourth-order valence-electron chi connectivity index (χ4n) is 2.12. The Morgan fingerprint density at radius 3 is 2.39 bits per heavy atom. The van der Waals surface area contributed by atoms with E-state index in [4.69, 9.17) is 0 Å². The summed E-state index contributed by atoms with van der Waals surface area (Å²) < 4.78 is 0. The van der Waals surface area contributed by atoms with Crippen LogP contribution in [0.2, 0.25) is 0 Å². The van der Waals surface area contributed by atoms with Crippen molar-refractivity contribution in [2.75, 3.05) is 5.43 Å². The van der Waals surface area contributed by atoms with Crippen LogP contribution in [0, 0.1) is 5.92 Å². The Bertz CT molecular complexity index is 563. The minimum absolute atomic E-state index is 0.185. The summed E-state index contributed by atoms with van der Waals surface area (Å²) >= 11 is 0. The molecule has 18 heavy (non-hydrogen) atoms. The molecule has 1 unspecified atom stereocenters. The second-order valence-electron chi connectivity index (χ2n) is 4.71. The van der Waals surface area contributed by atoms with Crippen LogP contribution in [0.4, 0.5) is 5.69 Å². The smallest absolute Gasteiger partial charge is 0.0818 e. The van der Waals surface area contributed by atoms with Gasteiger partial charge in [-0.2, -0.15) is 5.10 Å². The number of benzene rings is 2. The lowest BCUT2D eigenvalue weighted by atomic mass is 9.93. The Balaban J connectivity index is 2.64. The lowest BCUT2D eigenvalue weighted by Gasteiger charge is -2.18. The summed E-state index contributed by atoms with van der Waals surface area (Å²) in [6.07, 6.45) is -0.458. The molecule has 94 valence electrons. The first kappa shape index (κ1) is 12.6. The van der Waals surface area contributed by atoms with Crippen molar-refractivity contribution in [3.05, 3.63) is 42.0 Å². The predicted molar refractivity (Wildman–Crippen MR) is 76.9 cm³/mol. The summed E-state index contributed by atoms with van der Waals surface area (Å²) in [6, 6.07) is 11.9. The largest absolute Gasteiger partial charge is 0.388 e. The van der Waals surface area contributed by atoms with E-state index in [0.717, 1.165) is 22.0 Å². The van der Waals surface area contributed by atoms with Crippen LogP contribution in [0.25, 0.3) is 10.8 Å². The van der Waals surface area contributed by atoms with Crippen LogP contribution >= 0.6 is 0 Å². The summed E-state index contributed by atoms with van der Waals surface area (Å²) in [5, 5.41) is 16.1. The molecule has 0 radical (unpaired) electrons. The minimum atomic E-state index is -0.458. The molecule has 0 spiro atoms. The number of nitrogens with zero attached hydrogens (tertiary/aromatic N) is 1. The van der Waals surface area contributed by atoms with Crippen molar-refractivity contribution >= 4 is 23.2 Å². The standard InChI is InChI=1S/C15H18N2O/c1-10(2)15(18)13-8-9-14(17-16-3)12-7-5-4-6-11(12)13/h4-10,15,17-18H,3H2,1-2H3. The Morgan fingerprint density at radius 2 is 1.78 bits per heavy atom. The van der Waals surface area contributed by atoms with Gasteiger partial charge in [0, 0.05) is 12.1 Å². The summed E-state index contributed by atoms with van der Waals surface area (Å²) in [6.45, 7) is 7.46. The van der Waals surface area contributed by atoms with Crippen molar-refractivity contribution in [3.8, 4) is 0 Å². The van der Waals surface area contributed by atoms with E-state index >= 15 is 0 Å². The van der Waals surface area contributed by atoms with Crippen molar-refractivity contribution in [3.63, 3.8) is 0 Å². The van der Waals surface area contributed by atoms with Crippen LogP contribution < -0.4 is 5.43 Å². The third kappa shape index (κ3) is 2.22. The Labute approximate surface area is 107 Å². The number of hydrogen-bond acceptors (Lipinski definition) is 3. The van der Waals surface area contributed by atoms with Crippen molar-refractivity contribution < 1.29 is 5.11 Å². The van der Waals surface area contributed by atoms with Crippen molar-refractivity contribution in [2.24, 2.45) is 11.0 Å². The molecule has 0 aromatic heterocycles. The lowest BCUT2D eigenvalue weighted by molar-refractivity contribution is 0.128. The van der Waals surface area contributed by atoms with Gasteiger partial charge in [0.2, 0.25) is 0 Å². The topological polar surface area (TPSA) is 44.6 Å². The minimum Gasteiger partial charge on any atom is -0.388 e. The molecule has 0 aliphatic rings. The molecular weight excluding hydrogens is 224 g/mol. The highest BCUT2D eigenvalue weighted by atomic mass is 16.3. The van der Waals surface area contributed by atoms with Gasteiger partial charge in [-0.05, 0) is 22.9 Å². The first-order chi connectivity index (χ1) is 8.65. The molecule has 0 saturated heterocycles. The van der Waals surface area contributed by atoms with Gasteiger partial charge in [0.1, 0.15) is 0 Å². The van der Waals surface area contributed by atoms with Crippen molar-refractivity contribution in [1.82, 2.24) is 0 Å². The van der Waals surface area contributed by atoms with Crippen molar-refractivity contribution in [1.29, 1.82) is 0 Å². The van der Waals surface area contributed by atoms with E-state index in [9.17, 15) is 5.11 Å². The molecule has 2 N–H and O–H groups in total. The zero-order valence-electron chi connectivity index (χ0n) is 10.7. The van der Waals surface area contributed by atoms with Gasteiger partial charge >= 0.3 is 0 Å². The summed E-state index contributed by atoms with van der Waals surface area (Å²) in [5.74, 6) is 0.185. The van der Waals surface area contributed by atoms with Gasteiger partial charge in [-0.15, -0.1) is 0 Å². The van der Waals surface area contributed by atoms with Gasteiger partial charge in [-0.25, -0.2) is 0 Å². The number of hydrazone groups is 1. The molecule has 0 saturated carbocycles. The average molecular weight is 242 g/mol. The Kier molecular flexibility index (Phi) is 3.63. The van der Waals surface area contributed by atoms with Gasteiger partial charge in [-0.1, -0.05) is 44.2 Å². The maximum Gasteiger partial charge on any atom is 0.0818 e. The van der Waals surface area contributed by atoms with E-state index in [-0.39, 0.29) is 5.92 Å². The highest BCUT2D eigenvalue weighted by Crippen LogP contribution is 2.32. The van der Waals surface area contributed by atoms with Crippen LogP contribution in [-0.2, 0) is 0 Å². The molecule has 2 aromatic rings. The molecule has 0 aliphatic heterocycles. The molecule has 0 amide bonds. The first-order valence-corrected chi connectivity index (χ1v) is 6.06. The van der Waals surface area contributed by atoms with Gasteiger partial charge in [0.25, 0.3) is 0 Å². The van der Waals surface area contributed by atoms with E-state index in [0.29, 0.717) is 0 Å². The fraction of sp³-hybridized carbons (Fsp3) is 0.267. The second kappa shape index (κ2) is 5.19. The van der Waals surface area contributed by atoms with E-state index < -0.39 is 6.10 Å². The Hall–Kier alpha value is -1.87. The van der Waals surface area contributed by atoms with Crippen LogP contribution in [0.15, 0.2) is 41.5 Å². The molecule has 0 fully saturated rings. The highest BCUT2D eigenvalue weighted by molar-refractivity contribution is 5.96.